The second kappa shape index (κ2) is 2.62. The van der Waals surface area contributed by atoms with Crippen LogP contribution in [0.1, 0.15) is 19.3 Å². The molecule has 3 nitrogen and oxygen atoms in total. The van der Waals surface area contributed by atoms with Crippen LogP contribution in [0.2, 0.25) is 0 Å². The van der Waals surface area contributed by atoms with Crippen molar-refractivity contribution in [2.45, 2.75) is 19.3 Å². The first-order chi connectivity index (χ1) is 4.29. The van der Waals surface area contributed by atoms with Crippen molar-refractivity contribution in [1.29, 1.82) is 0 Å². The number of carboxylic acid groups (broad SMARTS) is 1. The highest BCUT2D eigenvalue weighted by atomic mass is 16.4. The highest BCUT2D eigenvalue weighted by Crippen LogP contribution is 2.06. The van der Waals surface area contributed by atoms with Gasteiger partial charge in [-0.15, -0.1) is 0 Å². The predicted octanol–water partition coefficient (Wildman–Crippen LogP) is 0.696. The Bertz CT molecular complexity index is 151. The average Bonchev–Trinajstić information content (AvgIpc) is 2.15. The predicted molar refractivity (Wildman–Crippen MR) is 33.8 cm³/mol. The zero-order valence-electron chi connectivity index (χ0n) is 5.13. The topological polar surface area (TPSA) is 49.7 Å². The lowest BCUT2D eigenvalue weighted by molar-refractivity contribution is -0.135. The number of hydrogen-bond acceptors (Lipinski definition) is 2. The first-order valence-electron chi connectivity index (χ1n) is 3.03. The number of aliphatic imine (C=N–C) groups is 1. The zero-order valence-corrected chi connectivity index (χ0v) is 5.13. The minimum absolute atomic E-state index is 0.139. The van der Waals surface area contributed by atoms with E-state index in [1.807, 2.05) is 0 Å². The molecule has 1 aliphatic heterocycles. The Hall–Kier alpha value is -0.860. The maximum absolute atomic E-state index is 10.1. The molecule has 1 aliphatic rings. The third-order valence-electron chi connectivity index (χ3n) is 1.31. The lowest BCUT2D eigenvalue weighted by atomic mass is 10.2. The molecule has 0 spiro atoms. The highest BCUT2D eigenvalue weighted by molar-refractivity contribution is 5.98. The van der Waals surface area contributed by atoms with Gasteiger partial charge in [0, 0.05) is 12.3 Å². The van der Waals surface area contributed by atoms with Gasteiger partial charge >= 0.3 is 5.97 Å². The Kier molecular flexibility index (Phi) is 1.82. The number of rotatable bonds is 2. The average molecular weight is 127 g/mol. The van der Waals surface area contributed by atoms with E-state index in [0.29, 0.717) is 0 Å². The molecule has 0 aromatic rings. The largest absolute Gasteiger partial charge is 0.481 e. The van der Waals surface area contributed by atoms with Gasteiger partial charge in [0.1, 0.15) is 0 Å². The fraction of sp³-hybridized carbons (Fsp3) is 0.667. The molecule has 0 radical (unpaired) electrons. The van der Waals surface area contributed by atoms with Gasteiger partial charge < -0.3 is 5.11 Å². The van der Waals surface area contributed by atoms with E-state index in [4.69, 9.17) is 5.11 Å². The first-order valence-corrected chi connectivity index (χ1v) is 3.03. The van der Waals surface area contributed by atoms with Gasteiger partial charge in [0.2, 0.25) is 0 Å². The van der Waals surface area contributed by atoms with E-state index in [-0.39, 0.29) is 6.42 Å². The lowest BCUT2D eigenvalue weighted by Crippen LogP contribution is -2.03. The minimum Gasteiger partial charge on any atom is -0.481 e. The number of hydrogen-bond donors (Lipinski definition) is 1. The molecule has 0 aromatic heterocycles. The van der Waals surface area contributed by atoms with Crippen LogP contribution in [0.4, 0.5) is 0 Å². The zero-order chi connectivity index (χ0) is 6.69. The normalized spacial score (nSPS) is 17.6. The summed E-state index contributed by atoms with van der Waals surface area (Å²) in [4.78, 5) is 14.1. The van der Waals surface area contributed by atoms with E-state index >= 15 is 0 Å². The Morgan fingerprint density at radius 3 is 3.00 bits per heavy atom. The lowest BCUT2D eigenvalue weighted by Gasteiger charge is -1.90. The molecule has 3 heteroatoms. The van der Waals surface area contributed by atoms with Gasteiger partial charge in [0.05, 0.1) is 6.42 Å². The van der Waals surface area contributed by atoms with Gasteiger partial charge in [-0.05, 0) is 12.8 Å². The summed E-state index contributed by atoms with van der Waals surface area (Å²) < 4.78 is 0. The van der Waals surface area contributed by atoms with Crippen LogP contribution in [0.25, 0.3) is 0 Å². The van der Waals surface area contributed by atoms with Crippen molar-refractivity contribution < 1.29 is 9.90 Å². The van der Waals surface area contributed by atoms with Gasteiger partial charge in [0.15, 0.2) is 0 Å². The monoisotopic (exact) mass is 127 g/mol. The van der Waals surface area contributed by atoms with Crippen LogP contribution >= 0.6 is 0 Å². The molecule has 0 aromatic carbocycles. The first kappa shape index (κ1) is 6.26. The second-order valence-corrected chi connectivity index (χ2v) is 2.12. The van der Waals surface area contributed by atoms with Gasteiger partial charge in [-0.3, -0.25) is 9.79 Å². The minimum atomic E-state index is -0.768. The number of carbonyl (C=O) groups is 1. The fourth-order valence-corrected chi connectivity index (χ4v) is 0.918. The van der Waals surface area contributed by atoms with Crippen molar-refractivity contribution >= 4 is 11.7 Å². The molecule has 9 heavy (non-hydrogen) atoms. The van der Waals surface area contributed by atoms with E-state index in [2.05, 4.69) is 4.99 Å². The van der Waals surface area contributed by atoms with Gasteiger partial charge in [-0.1, -0.05) is 0 Å². The third-order valence-corrected chi connectivity index (χ3v) is 1.31. The van der Waals surface area contributed by atoms with Crippen molar-refractivity contribution in [1.82, 2.24) is 0 Å². The fourth-order valence-electron chi connectivity index (χ4n) is 0.918. The molecule has 0 saturated carbocycles. The second-order valence-electron chi connectivity index (χ2n) is 2.12. The van der Waals surface area contributed by atoms with E-state index in [9.17, 15) is 4.79 Å². The van der Waals surface area contributed by atoms with Crippen LogP contribution < -0.4 is 0 Å². The summed E-state index contributed by atoms with van der Waals surface area (Å²) in [6, 6.07) is 0. The van der Waals surface area contributed by atoms with E-state index in [0.717, 1.165) is 25.1 Å². The number of aliphatic carboxylic acids is 1. The molecular weight excluding hydrogens is 118 g/mol. The SMILES string of the molecule is O=C(O)CC1=NCCC1. The van der Waals surface area contributed by atoms with Crippen LogP contribution in [0.3, 0.4) is 0 Å². The summed E-state index contributed by atoms with van der Waals surface area (Å²) in [5.41, 5.74) is 0.850. The Morgan fingerprint density at radius 1 is 1.78 bits per heavy atom. The molecule has 0 amide bonds. The Labute approximate surface area is 53.4 Å². The molecular formula is C6H9NO2. The quantitative estimate of drug-likeness (QED) is 0.593. The molecule has 1 heterocycles. The van der Waals surface area contributed by atoms with E-state index < -0.39 is 5.97 Å². The highest BCUT2D eigenvalue weighted by Gasteiger charge is 2.08. The smallest absolute Gasteiger partial charge is 0.309 e. The number of carboxylic acids is 1. The molecule has 0 aliphatic carbocycles. The maximum atomic E-state index is 10.1. The molecule has 1 rings (SSSR count). The third kappa shape index (κ3) is 1.83. The molecule has 0 fully saturated rings. The Morgan fingerprint density at radius 2 is 2.56 bits per heavy atom. The van der Waals surface area contributed by atoms with Crippen LogP contribution in [-0.4, -0.2) is 23.3 Å². The standard InChI is InChI=1S/C6H9NO2/c8-6(9)4-5-2-1-3-7-5/h1-4H2,(H,8,9). The van der Waals surface area contributed by atoms with E-state index in [1.165, 1.54) is 0 Å². The van der Waals surface area contributed by atoms with Crippen LogP contribution in [0.5, 0.6) is 0 Å². The summed E-state index contributed by atoms with van der Waals surface area (Å²) >= 11 is 0. The van der Waals surface area contributed by atoms with Crippen LogP contribution in [-0.2, 0) is 4.79 Å². The summed E-state index contributed by atoms with van der Waals surface area (Å²) in [5, 5.41) is 8.29. The van der Waals surface area contributed by atoms with Gasteiger partial charge in [-0.25, -0.2) is 0 Å². The van der Waals surface area contributed by atoms with Gasteiger partial charge in [-0.2, -0.15) is 0 Å². The molecule has 0 saturated heterocycles. The molecule has 0 atom stereocenters. The Balaban J connectivity index is 2.35. The van der Waals surface area contributed by atoms with Gasteiger partial charge in [0.25, 0.3) is 0 Å². The van der Waals surface area contributed by atoms with Crippen molar-refractivity contribution in [3.8, 4) is 0 Å². The van der Waals surface area contributed by atoms with E-state index in [1.54, 1.807) is 0 Å². The molecule has 1 N–H and O–H groups in total. The van der Waals surface area contributed by atoms with Crippen LogP contribution in [0, 0.1) is 0 Å². The molecule has 50 valence electrons. The van der Waals surface area contributed by atoms with Crippen molar-refractivity contribution in [3.05, 3.63) is 0 Å². The van der Waals surface area contributed by atoms with Crippen LogP contribution in [0.15, 0.2) is 4.99 Å². The summed E-state index contributed by atoms with van der Waals surface area (Å²) in [7, 11) is 0. The summed E-state index contributed by atoms with van der Waals surface area (Å²) in [6.07, 6.45) is 2.05. The summed E-state index contributed by atoms with van der Waals surface area (Å²) in [6.45, 7) is 0.822. The maximum Gasteiger partial charge on any atom is 0.309 e. The van der Waals surface area contributed by atoms with Crippen molar-refractivity contribution in [2.24, 2.45) is 4.99 Å². The van der Waals surface area contributed by atoms with Crippen molar-refractivity contribution in [2.75, 3.05) is 6.54 Å². The molecule has 0 bridgehead atoms. The van der Waals surface area contributed by atoms with Crippen molar-refractivity contribution in [3.63, 3.8) is 0 Å². The molecule has 0 unspecified atom stereocenters. The number of nitrogens with zero attached hydrogens (tertiary/aromatic N) is 1. The summed E-state index contributed by atoms with van der Waals surface area (Å²) in [5.74, 6) is -0.768.